The Morgan fingerprint density at radius 1 is 0.853 bits per heavy atom. The van der Waals surface area contributed by atoms with Gasteiger partial charge in [-0.2, -0.15) is 0 Å². The molecule has 0 radical (unpaired) electrons. The molecule has 1 aliphatic rings. The van der Waals surface area contributed by atoms with Crippen molar-refractivity contribution in [3.63, 3.8) is 0 Å². The molecule has 5 atom stereocenters. The molecule has 1 heterocycles. The van der Waals surface area contributed by atoms with E-state index in [-0.39, 0.29) is 13.2 Å². The Labute approximate surface area is 201 Å². The minimum Gasteiger partial charge on any atom is -0.463 e. The van der Waals surface area contributed by atoms with Crippen LogP contribution in [0.3, 0.4) is 0 Å². The van der Waals surface area contributed by atoms with Crippen molar-refractivity contribution in [1.29, 1.82) is 0 Å². The second-order valence-corrected chi connectivity index (χ2v) is 8.42. The zero-order chi connectivity index (χ0) is 25.8. The van der Waals surface area contributed by atoms with Crippen molar-refractivity contribution in [1.82, 2.24) is 5.32 Å². The minimum atomic E-state index is -1.14. The van der Waals surface area contributed by atoms with Crippen LogP contribution < -0.4 is 5.32 Å². The largest absolute Gasteiger partial charge is 0.463 e. The van der Waals surface area contributed by atoms with Gasteiger partial charge in [0.25, 0.3) is 0 Å². The van der Waals surface area contributed by atoms with Crippen molar-refractivity contribution in [2.45, 2.75) is 92.0 Å². The molecule has 0 saturated carbocycles. The highest BCUT2D eigenvalue weighted by Crippen LogP contribution is 2.28. The molecule has 0 aromatic carbocycles. The van der Waals surface area contributed by atoms with Crippen LogP contribution in [0.4, 0.5) is 0 Å². The van der Waals surface area contributed by atoms with Gasteiger partial charge in [-0.25, -0.2) is 0 Å². The van der Waals surface area contributed by atoms with Gasteiger partial charge in [0.05, 0.1) is 6.61 Å². The van der Waals surface area contributed by atoms with Crippen LogP contribution in [0, 0.1) is 0 Å². The third-order valence-electron chi connectivity index (χ3n) is 4.85. The predicted molar refractivity (Wildman–Crippen MR) is 122 cm³/mol. The van der Waals surface area contributed by atoms with Crippen LogP contribution in [0.5, 0.6) is 0 Å². The number of amides is 1. The highest BCUT2D eigenvalue weighted by atomic mass is 16.7. The molecule has 1 saturated heterocycles. The normalized spacial score (nSPS) is 24.6. The first-order chi connectivity index (χ1) is 15.9. The van der Waals surface area contributed by atoms with Crippen molar-refractivity contribution < 1.29 is 42.9 Å². The van der Waals surface area contributed by atoms with Crippen molar-refractivity contribution >= 4 is 23.8 Å². The minimum absolute atomic E-state index is 0.159. The number of rotatable bonds is 11. The molecule has 1 aliphatic heterocycles. The fourth-order valence-electron chi connectivity index (χ4n) is 3.41. The van der Waals surface area contributed by atoms with Crippen LogP contribution in [0.2, 0.25) is 0 Å². The maximum atomic E-state index is 11.9. The van der Waals surface area contributed by atoms with E-state index >= 15 is 0 Å². The van der Waals surface area contributed by atoms with Crippen molar-refractivity contribution in [2.24, 2.45) is 0 Å². The standard InChI is InChI=1S/C24H37NO9/c1-14(2)9-8-10-15(3)11-12-30-24-21(25-16(4)26)23(33-19(7)29)22(32-18(6)28)20(34-24)13-31-17(5)27/h9,11,20-24H,8,10,12-13H2,1-7H3,(H,25,26)/b15-11+/t20?,21?,22-,23?,24-/m1/s1. The molecule has 0 spiro atoms. The van der Waals surface area contributed by atoms with E-state index in [0.29, 0.717) is 0 Å². The quantitative estimate of drug-likeness (QED) is 0.268. The Bertz CT molecular complexity index is 785. The van der Waals surface area contributed by atoms with Gasteiger partial charge in [-0.05, 0) is 33.6 Å². The maximum absolute atomic E-state index is 11.9. The van der Waals surface area contributed by atoms with Gasteiger partial charge in [-0.1, -0.05) is 23.3 Å². The molecule has 0 aromatic heterocycles. The average Bonchev–Trinajstić information content (AvgIpc) is 2.69. The first-order valence-corrected chi connectivity index (χ1v) is 11.2. The molecule has 0 aliphatic carbocycles. The van der Waals surface area contributed by atoms with E-state index in [9.17, 15) is 19.2 Å². The van der Waals surface area contributed by atoms with Gasteiger partial charge in [0, 0.05) is 27.7 Å². The van der Waals surface area contributed by atoms with Crippen molar-refractivity contribution in [2.75, 3.05) is 13.2 Å². The number of carbonyl (C=O) groups is 4. The number of nitrogens with one attached hydrogen (secondary N) is 1. The van der Waals surface area contributed by atoms with Gasteiger partial charge < -0.3 is 29.0 Å². The third-order valence-corrected chi connectivity index (χ3v) is 4.85. The Kier molecular flexibility index (Phi) is 12.5. The Hall–Kier alpha value is -2.72. The fourth-order valence-corrected chi connectivity index (χ4v) is 3.41. The highest BCUT2D eigenvalue weighted by Gasteiger charge is 2.51. The van der Waals surface area contributed by atoms with Gasteiger partial charge in [0.2, 0.25) is 5.91 Å². The lowest BCUT2D eigenvalue weighted by molar-refractivity contribution is -0.275. The third kappa shape index (κ3) is 10.9. The summed E-state index contributed by atoms with van der Waals surface area (Å²) in [7, 11) is 0. The van der Waals surface area contributed by atoms with E-state index in [1.807, 2.05) is 26.8 Å². The summed E-state index contributed by atoms with van der Waals surface area (Å²) in [6, 6.07) is -0.973. The molecule has 1 N–H and O–H groups in total. The second-order valence-electron chi connectivity index (χ2n) is 8.42. The zero-order valence-electron chi connectivity index (χ0n) is 21.0. The SMILES string of the molecule is CC(=O)NC1C(OC(C)=O)[C@H](OC(C)=O)C(COC(C)=O)O[C@H]1OC/C=C(\C)CCC=C(C)C. The lowest BCUT2D eigenvalue weighted by atomic mass is 9.96. The summed E-state index contributed by atoms with van der Waals surface area (Å²) in [5.41, 5.74) is 2.35. The van der Waals surface area contributed by atoms with Gasteiger partial charge in [0.1, 0.15) is 18.8 Å². The summed E-state index contributed by atoms with van der Waals surface area (Å²) >= 11 is 0. The molecular weight excluding hydrogens is 446 g/mol. The first kappa shape index (κ1) is 29.3. The van der Waals surface area contributed by atoms with Crippen LogP contribution in [0.1, 0.15) is 61.3 Å². The van der Waals surface area contributed by atoms with E-state index in [1.165, 1.54) is 33.3 Å². The first-order valence-electron chi connectivity index (χ1n) is 11.2. The lowest BCUT2D eigenvalue weighted by Crippen LogP contribution is -2.66. The van der Waals surface area contributed by atoms with Crippen molar-refractivity contribution in [3.05, 3.63) is 23.3 Å². The van der Waals surface area contributed by atoms with Crippen LogP contribution in [-0.4, -0.2) is 67.7 Å². The number of allylic oxidation sites excluding steroid dienone is 3. The molecule has 34 heavy (non-hydrogen) atoms. The predicted octanol–water partition coefficient (Wildman–Crippen LogP) is 2.35. The lowest BCUT2D eigenvalue weighted by Gasteiger charge is -2.44. The second kappa shape index (κ2) is 14.5. The van der Waals surface area contributed by atoms with E-state index in [4.69, 9.17) is 23.7 Å². The molecule has 10 heteroatoms. The highest BCUT2D eigenvalue weighted by molar-refractivity contribution is 5.73. The Balaban J connectivity index is 3.15. The van der Waals surface area contributed by atoms with Gasteiger partial charge in [-0.15, -0.1) is 0 Å². The summed E-state index contributed by atoms with van der Waals surface area (Å²) in [5.74, 6) is -2.30. The number of carbonyl (C=O) groups excluding carboxylic acids is 4. The van der Waals surface area contributed by atoms with Gasteiger partial charge >= 0.3 is 17.9 Å². The summed E-state index contributed by atoms with van der Waals surface area (Å²) < 4.78 is 27.7. The van der Waals surface area contributed by atoms with E-state index in [1.54, 1.807) is 0 Å². The summed E-state index contributed by atoms with van der Waals surface area (Å²) in [6.07, 6.45) is 1.47. The average molecular weight is 484 g/mol. The number of hydrogen-bond donors (Lipinski definition) is 1. The van der Waals surface area contributed by atoms with Crippen LogP contribution >= 0.6 is 0 Å². The molecule has 1 amide bonds. The fraction of sp³-hybridized carbons (Fsp3) is 0.667. The molecule has 10 nitrogen and oxygen atoms in total. The van der Waals surface area contributed by atoms with Crippen LogP contribution in [-0.2, 0) is 42.9 Å². The van der Waals surface area contributed by atoms with E-state index in [2.05, 4.69) is 11.4 Å². The van der Waals surface area contributed by atoms with E-state index in [0.717, 1.165) is 18.4 Å². The molecular formula is C24H37NO9. The topological polar surface area (TPSA) is 126 Å². The van der Waals surface area contributed by atoms with Gasteiger partial charge in [-0.3, -0.25) is 19.2 Å². The monoisotopic (exact) mass is 483 g/mol. The van der Waals surface area contributed by atoms with Crippen molar-refractivity contribution in [3.8, 4) is 0 Å². The summed E-state index contributed by atoms with van der Waals surface area (Å²) in [6.45, 7) is 10.9. The molecule has 192 valence electrons. The van der Waals surface area contributed by atoms with Gasteiger partial charge in [0.15, 0.2) is 18.5 Å². The molecule has 0 aromatic rings. The molecule has 0 bridgehead atoms. The van der Waals surface area contributed by atoms with Crippen LogP contribution in [0.25, 0.3) is 0 Å². The van der Waals surface area contributed by atoms with E-state index < -0.39 is 54.5 Å². The Morgan fingerprint density at radius 3 is 2.00 bits per heavy atom. The number of hydrogen-bond acceptors (Lipinski definition) is 9. The Morgan fingerprint density at radius 2 is 1.47 bits per heavy atom. The number of ether oxygens (including phenoxy) is 5. The summed E-state index contributed by atoms with van der Waals surface area (Å²) in [4.78, 5) is 46.9. The summed E-state index contributed by atoms with van der Waals surface area (Å²) in [5, 5.41) is 2.67. The number of esters is 3. The maximum Gasteiger partial charge on any atom is 0.303 e. The molecule has 1 fully saturated rings. The molecule has 1 rings (SSSR count). The molecule has 3 unspecified atom stereocenters. The smallest absolute Gasteiger partial charge is 0.303 e. The van der Waals surface area contributed by atoms with Crippen LogP contribution in [0.15, 0.2) is 23.3 Å². The zero-order valence-corrected chi connectivity index (χ0v) is 21.0.